The second-order valence-corrected chi connectivity index (χ2v) is 21.0. The molecule has 17 atom stereocenters. The van der Waals surface area contributed by atoms with Gasteiger partial charge in [-0.15, -0.1) is 0 Å². The number of hydrogen-bond donors (Lipinski definition) is 3. The second-order valence-electron chi connectivity index (χ2n) is 21.0. The Bertz CT molecular complexity index is 1680. The first-order valence-electron chi connectivity index (χ1n) is 23.4. The zero-order valence-corrected chi connectivity index (χ0v) is 38.6. The first-order valence-corrected chi connectivity index (χ1v) is 23.4. The molecule has 6 fully saturated rings. The Kier molecular flexibility index (Phi) is 13.8. The van der Waals surface area contributed by atoms with Crippen LogP contribution >= 0.6 is 0 Å². The molecule has 5 N–H and O–H groups in total. The van der Waals surface area contributed by atoms with E-state index in [0.29, 0.717) is 64.2 Å². The third-order valence-corrected chi connectivity index (χ3v) is 15.6. The lowest BCUT2D eigenvalue weighted by Gasteiger charge is -2.52. The standard InChI is InChI=1S/C45H73BNO15/c1-24(2)36(47)39(50)54-27(5)30-16-12-11-13-17-32(48)42(7,8)34-21-19-26(4)45(57-34)38-41(52)56-31-23-29(53-28(31)6)15-14-18-33(49)43(9,10)35-22-20-25(3)44(58-35)37(40(51)55-30)59-46(60-38,61-44)62-45/h11-12,24-38,48-49H,13-23,47H2,1-10H3/q-1/p+1/b12-11+. The summed E-state index contributed by atoms with van der Waals surface area (Å²) in [5.74, 6) is -7.04. The summed E-state index contributed by atoms with van der Waals surface area (Å²) in [7, 11) is 0. The predicted octanol–water partition coefficient (Wildman–Crippen LogP) is 4.17. The molecule has 0 aromatic heterocycles. The van der Waals surface area contributed by atoms with Gasteiger partial charge in [-0.05, 0) is 71.6 Å². The van der Waals surface area contributed by atoms with Crippen molar-refractivity contribution < 1.29 is 77.4 Å². The number of aliphatic hydroxyl groups is 2. The van der Waals surface area contributed by atoms with E-state index in [4.69, 9.17) is 47.0 Å². The quantitative estimate of drug-likeness (QED) is 0.157. The van der Waals surface area contributed by atoms with Crippen molar-refractivity contribution in [2.24, 2.45) is 28.6 Å². The second kappa shape index (κ2) is 17.9. The van der Waals surface area contributed by atoms with Crippen molar-refractivity contribution in [1.82, 2.24) is 0 Å². The molecule has 16 nitrogen and oxygen atoms in total. The number of quaternary nitrogens is 1. The lowest BCUT2D eigenvalue weighted by Crippen LogP contribution is -2.68. The van der Waals surface area contributed by atoms with Crippen molar-refractivity contribution in [3.8, 4) is 0 Å². The van der Waals surface area contributed by atoms with E-state index in [0.717, 1.165) is 0 Å². The molecular weight excluding hydrogens is 805 g/mol. The van der Waals surface area contributed by atoms with Crippen LogP contribution in [0, 0.1) is 28.6 Å². The summed E-state index contributed by atoms with van der Waals surface area (Å²) in [5, 5.41) is 23.6. The molecule has 7 aliphatic rings. The van der Waals surface area contributed by atoms with Crippen molar-refractivity contribution in [1.29, 1.82) is 0 Å². The van der Waals surface area contributed by atoms with Gasteiger partial charge < -0.3 is 63.0 Å². The van der Waals surface area contributed by atoms with Gasteiger partial charge in [-0.2, -0.15) is 0 Å². The molecule has 7 rings (SSSR count). The monoisotopic (exact) mass is 880 g/mol. The van der Waals surface area contributed by atoms with Crippen molar-refractivity contribution in [3.63, 3.8) is 0 Å². The maximum Gasteiger partial charge on any atom is 0.536 e. The number of esters is 3. The third kappa shape index (κ3) is 8.78. The SMILES string of the molecule is CC(C)C([NH3+])C(=O)OC(C)C1C/C=C/CCC(O)C(C)(C)C2CCC(C)C3(O2)O[B-]24OC(C(=O)O1)C1(OC(CCC1C)C(C)(C)C(O)CCCC1CC(OC(=O)C3O2)C(C)O1)O4. The molecule has 6 saturated heterocycles. The summed E-state index contributed by atoms with van der Waals surface area (Å²) in [6.07, 6.45) is -0.138. The van der Waals surface area contributed by atoms with E-state index in [9.17, 15) is 19.8 Å². The smallest absolute Gasteiger partial charge is 0.504 e. The van der Waals surface area contributed by atoms with Crippen LogP contribution in [-0.2, 0) is 61.4 Å². The molecule has 17 unspecified atom stereocenters. The van der Waals surface area contributed by atoms with Gasteiger partial charge in [0.05, 0.1) is 36.6 Å². The van der Waals surface area contributed by atoms with E-state index in [2.05, 4.69) is 5.73 Å². The summed E-state index contributed by atoms with van der Waals surface area (Å²) in [4.78, 5) is 43.0. The minimum atomic E-state index is -3.52. The Balaban J connectivity index is 1.36. The van der Waals surface area contributed by atoms with Gasteiger partial charge in [-0.3, -0.25) is 0 Å². The van der Waals surface area contributed by atoms with Crippen LogP contribution in [0.25, 0.3) is 0 Å². The highest BCUT2D eigenvalue weighted by molar-refractivity contribution is 6.56. The van der Waals surface area contributed by atoms with E-state index in [1.807, 2.05) is 74.5 Å². The van der Waals surface area contributed by atoms with E-state index in [-0.39, 0.29) is 18.4 Å². The van der Waals surface area contributed by atoms with Crippen molar-refractivity contribution in [2.75, 3.05) is 0 Å². The highest BCUT2D eigenvalue weighted by atomic mass is 17.0. The minimum Gasteiger partial charge on any atom is -0.504 e. The predicted molar refractivity (Wildman–Crippen MR) is 222 cm³/mol. The summed E-state index contributed by atoms with van der Waals surface area (Å²) < 4.78 is 66.1. The van der Waals surface area contributed by atoms with Gasteiger partial charge in [-0.1, -0.05) is 67.5 Å². The molecule has 3 spiro atoms. The van der Waals surface area contributed by atoms with Crippen LogP contribution in [0.1, 0.15) is 140 Å². The van der Waals surface area contributed by atoms with Gasteiger partial charge in [-0.25, -0.2) is 14.4 Å². The molecule has 7 aliphatic heterocycles. The van der Waals surface area contributed by atoms with Gasteiger partial charge >= 0.3 is 24.9 Å². The van der Waals surface area contributed by atoms with Crippen LogP contribution in [-0.4, -0.2) is 120 Å². The van der Waals surface area contributed by atoms with E-state index in [1.54, 1.807) is 6.92 Å². The summed E-state index contributed by atoms with van der Waals surface area (Å²) in [6.45, 7) is 15.3. The fraction of sp³-hybridized carbons (Fsp3) is 0.889. The molecule has 0 radical (unpaired) electrons. The number of fused-ring (bicyclic) bond motifs is 6. The van der Waals surface area contributed by atoms with Crippen molar-refractivity contribution in [3.05, 3.63) is 12.2 Å². The van der Waals surface area contributed by atoms with Crippen LogP contribution in [0.15, 0.2) is 12.2 Å². The van der Waals surface area contributed by atoms with Crippen LogP contribution in [0.3, 0.4) is 0 Å². The molecule has 17 heteroatoms. The molecule has 9 bridgehead atoms. The van der Waals surface area contributed by atoms with Crippen molar-refractivity contribution >= 4 is 24.9 Å². The Labute approximate surface area is 366 Å². The molecule has 0 aromatic carbocycles. The highest BCUT2D eigenvalue weighted by Crippen LogP contribution is 2.57. The topological polar surface area (TPSA) is 212 Å². The van der Waals surface area contributed by atoms with Crippen molar-refractivity contribution in [2.45, 2.75) is 225 Å². The van der Waals surface area contributed by atoms with Crippen LogP contribution in [0.4, 0.5) is 0 Å². The van der Waals surface area contributed by atoms with E-state index < -0.39 is 126 Å². The van der Waals surface area contributed by atoms with Gasteiger partial charge in [0, 0.05) is 41.4 Å². The molecule has 0 amide bonds. The number of allylic oxidation sites excluding steroid dienone is 1. The average Bonchev–Trinajstić information content (AvgIpc) is 3.84. The van der Waals surface area contributed by atoms with Crippen LogP contribution < -0.4 is 5.73 Å². The minimum absolute atomic E-state index is 0.0893. The largest absolute Gasteiger partial charge is 0.536 e. The highest BCUT2D eigenvalue weighted by Gasteiger charge is 2.73. The van der Waals surface area contributed by atoms with E-state index in [1.165, 1.54) is 0 Å². The maximum atomic E-state index is 15.0. The maximum absolute atomic E-state index is 15.0. The molecule has 0 aliphatic carbocycles. The Morgan fingerprint density at radius 2 is 1.34 bits per heavy atom. The number of carbonyl (C=O) groups excluding carboxylic acids is 3. The Morgan fingerprint density at radius 1 is 0.790 bits per heavy atom. The van der Waals surface area contributed by atoms with Gasteiger partial charge in [0.25, 0.3) is 0 Å². The first-order chi connectivity index (χ1) is 29.0. The lowest BCUT2D eigenvalue weighted by molar-refractivity contribution is -0.419. The number of aliphatic hydroxyl groups excluding tert-OH is 2. The Hall–Kier alpha value is -2.19. The van der Waals surface area contributed by atoms with Gasteiger partial charge in [0.15, 0.2) is 29.8 Å². The number of carbonyl (C=O) groups is 3. The first kappa shape index (κ1) is 47.8. The summed E-state index contributed by atoms with van der Waals surface area (Å²) in [5.41, 5.74) is 2.31. The van der Waals surface area contributed by atoms with Crippen LogP contribution in [0.2, 0.25) is 0 Å². The zero-order chi connectivity index (χ0) is 45.2. The van der Waals surface area contributed by atoms with Gasteiger partial charge in [0.2, 0.25) is 0 Å². The molecule has 0 saturated carbocycles. The molecular formula is C45H74BNO15. The normalized spacial score (nSPS) is 46.3. The number of hydrogen-bond acceptors (Lipinski definition) is 15. The molecule has 0 aromatic rings. The average molecular weight is 880 g/mol. The fourth-order valence-electron chi connectivity index (χ4n) is 10.6. The molecule has 352 valence electrons. The fourth-order valence-corrected chi connectivity index (χ4v) is 10.6. The number of ether oxygens (including phenoxy) is 6. The number of rotatable bonds is 4. The molecule has 7 heterocycles. The van der Waals surface area contributed by atoms with E-state index >= 15 is 4.79 Å². The molecule has 62 heavy (non-hydrogen) atoms. The third-order valence-electron chi connectivity index (χ3n) is 15.6. The van der Waals surface area contributed by atoms with Crippen LogP contribution in [0.5, 0.6) is 0 Å². The Morgan fingerprint density at radius 3 is 1.90 bits per heavy atom. The summed E-state index contributed by atoms with van der Waals surface area (Å²) in [6, 6.07) is -0.652. The lowest BCUT2D eigenvalue weighted by atomic mass is 9.73. The zero-order valence-electron chi connectivity index (χ0n) is 38.6. The number of cyclic esters (lactones) is 1. The summed E-state index contributed by atoms with van der Waals surface area (Å²) >= 11 is 0. The van der Waals surface area contributed by atoms with Gasteiger partial charge in [0.1, 0.15) is 18.3 Å².